The van der Waals surface area contributed by atoms with Crippen LogP contribution in [0, 0.1) is 5.41 Å². The molecule has 0 heterocycles. The van der Waals surface area contributed by atoms with E-state index in [-0.39, 0.29) is 0 Å². The standard InChI is InChI=1S/C9H17F2NO2/c1-8(2,7(13)14)9(3,4)12-5-6(10)11/h6,12H,5H2,1-4H3,(H,13,14). The molecule has 84 valence electrons. The number of hydrogen-bond donors (Lipinski definition) is 2. The topological polar surface area (TPSA) is 49.3 Å². The molecule has 0 fully saturated rings. The van der Waals surface area contributed by atoms with Crippen molar-refractivity contribution in [3.05, 3.63) is 0 Å². The van der Waals surface area contributed by atoms with Crippen LogP contribution in [0.3, 0.4) is 0 Å². The Morgan fingerprint density at radius 2 is 1.79 bits per heavy atom. The molecular weight excluding hydrogens is 192 g/mol. The summed E-state index contributed by atoms with van der Waals surface area (Å²) < 4.78 is 23.9. The van der Waals surface area contributed by atoms with Crippen LogP contribution in [0.5, 0.6) is 0 Å². The van der Waals surface area contributed by atoms with Gasteiger partial charge in [-0.3, -0.25) is 4.79 Å². The summed E-state index contributed by atoms with van der Waals surface area (Å²) in [7, 11) is 0. The molecule has 0 saturated heterocycles. The third kappa shape index (κ3) is 2.90. The molecule has 0 atom stereocenters. The summed E-state index contributed by atoms with van der Waals surface area (Å²) in [4.78, 5) is 10.9. The normalized spacial score (nSPS) is 13.4. The lowest BCUT2D eigenvalue weighted by Crippen LogP contribution is -2.56. The maximum atomic E-state index is 11.9. The second-order valence-corrected chi connectivity index (χ2v) is 4.33. The summed E-state index contributed by atoms with van der Waals surface area (Å²) >= 11 is 0. The molecule has 0 aliphatic carbocycles. The molecule has 0 bridgehead atoms. The molecule has 0 aliphatic rings. The quantitative estimate of drug-likeness (QED) is 0.725. The lowest BCUT2D eigenvalue weighted by molar-refractivity contribution is -0.151. The van der Waals surface area contributed by atoms with E-state index in [0.29, 0.717) is 0 Å². The average Bonchev–Trinajstić information content (AvgIpc) is 2.00. The van der Waals surface area contributed by atoms with Gasteiger partial charge in [0.15, 0.2) is 0 Å². The summed E-state index contributed by atoms with van der Waals surface area (Å²) in [5.74, 6) is -1.01. The zero-order valence-electron chi connectivity index (χ0n) is 8.90. The van der Waals surface area contributed by atoms with Crippen LogP contribution in [-0.2, 0) is 4.79 Å². The van der Waals surface area contributed by atoms with Crippen LogP contribution in [0.25, 0.3) is 0 Å². The van der Waals surface area contributed by atoms with Gasteiger partial charge in [-0.15, -0.1) is 0 Å². The Morgan fingerprint density at radius 1 is 1.36 bits per heavy atom. The molecule has 0 amide bonds. The fraction of sp³-hybridized carbons (Fsp3) is 0.889. The summed E-state index contributed by atoms with van der Waals surface area (Å²) in [5.41, 5.74) is -1.98. The van der Waals surface area contributed by atoms with Gasteiger partial charge in [-0.25, -0.2) is 8.78 Å². The van der Waals surface area contributed by atoms with Crippen molar-refractivity contribution in [3.63, 3.8) is 0 Å². The van der Waals surface area contributed by atoms with Gasteiger partial charge in [0.25, 0.3) is 6.43 Å². The van der Waals surface area contributed by atoms with Gasteiger partial charge < -0.3 is 10.4 Å². The van der Waals surface area contributed by atoms with Gasteiger partial charge in [0.2, 0.25) is 0 Å². The van der Waals surface area contributed by atoms with Gasteiger partial charge in [0.05, 0.1) is 12.0 Å². The highest BCUT2D eigenvalue weighted by atomic mass is 19.3. The predicted octanol–water partition coefficient (Wildman–Crippen LogP) is 1.73. The highest BCUT2D eigenvalue weighted by Gasteiger charge is 2.43. The van der Waals surface area contributed by atoms with E-state index in [1.807, 2.05) is 0 Å². The van der Waals surface area contributed by atoms with Crippen LogP contribution in [0.2, 0.25) is 0 Å². The van der Waals surface area contributed by atoms with E-state index in [2.05, 4.69) is 5.32 Å². The first kappa shape index (κ1) is 13.3. The van der Waals surface area contributed by atoms with Crippen LogP contribution in [0.4, 0.5) is 8.78 Å². The maximum Gasteiger partial charge on any atom is 0.310 e. The minimum atomic E-state index is -2.47. The fourth-order valence-electron chi connectivity index (χ4n) is 0.821. The molecule has 0 spiro atoms. The van der Waals surface area contributed by atoms with Crippen molar-refractivity contribution in [2.45, 2.75) is 39.7 Å². The number of carbonyl (C=O) groups is 1. The zero-order valence-corrected chi connectivity index (χ0v) is 8.90. The number of carboxylic acids is 1. The van der Waals surface area contributed by atoms with Crippen molar-refractivity contribution < 1.29 is 18.7 Å². The molecule has 0 aromatic heterocycles. The number of aliphatic carboxylic acids is 1. The Morgan fingerprint density at radius 3 is 2.07 bits per heavy atom. The minimum absolute atomic E-state index is 0.496. The van der Waals surface area contributed by atoms with Crippen LogP contribution < -0.4 is 5.32 Å². The van der Waals surface area contributed by atoms with Crippen molar-refractivity contribution in [2.75, 3.05) is 6.54 Å². The molecule has 5 heteroatoms. The molecule has 0 unspecified atom stereocenters. The number of carboxylic acid groups (broad SMARTS) is 1. The monoisotopic (exact) mass is 209 g/mol. The van der Waals surface area contributed by atoms with E-state index in [1.165, 1.54) is 13.8 Å². The molecule has 0 saturated carbocycles. The van der Waals surface area contributed by atoms with Crippen molar-refractivity contribution in [2.24, 2.45) is 5.41 Å². The Labute approximate surface area is 82.5 Å². The van der Waals surface area contributed by atoms with Crippen molar-refractivity contribution >= 4 is 5.97 Å². The molecule has 0 aromatic carbocycles. The highest BCUT2D eigenvalue weighted by Crippen LogP contribution is 2.30. The molecular formula is C9H17F2NO2. The molecule has 2 N–H and O–H groups in total. The zero-order chi connectivity index (χ0) is 11.6. The van der Waals surface area contributed by atoms with Crippen molar-refractivity contribution in [3.8, 4) is 0 Å². The van der Waals surface area contributed by atoms with E-state index in [9.17, 15) is 13.6 Å². The third-order valence-electron chi connectivity index (χ3n) is 2.80. The van der Waals surface area contributed by atoms with Gasteiger partial charge in [-0.2, -0.15) is 0 Å². The van der Waals surface area contributed by atoms with Gasteiger partial charge >= 0.3 is 5.97 Å². The lowest BCUT2D eigenvalue weighted by Gasteiger charge is -2.39. The second-order valence-electron chi connectivity index (χ2n) is 4.33. The first-order valence-electron chi connectivity index (χ1n) is 4.38. The number of hydrogen-bond acceptors (Lipinski definition) is 2. The van der Waals surface area contributed by atoms with Crippen molar-refractivity contribution in [1.82, 2.24) is 5.32 Å². The van der Waals surface area contributed by atoms with Gasteiger partial charge in [-0.1, -0.05) is 0 Å². The van der Waals surface area contributed by atoms with Crippen LogP contribution in [-0.4, -0.2) is 29.6 Å². The predicted molar refractivity (Wildman–Crippen MR) is 49.5 cm³/mol. The number of nitrogens with one attached hydrogen (secondary N) is 1. The SMILES string of the molecule is CC(C)(NCC(F)F)C(C)(C)C(=O)O. The molecule has 0 aromatic rings. The van der Waals surface area contributed by atoms with Gasteiger partial charge in [-0.05, 0) is 27.7 Å². The highest BCUT2D eigenvalue weighted by molar-refractivity contribution is 5.75. The molecule has 0 radical (unpaired) electrons. The molecule has 3 nitrogen and oxygen atoms in total. The van der Waals surface area contributed by atoms with Crippen LogP contribution >= 0.6 is 0 Å². The van der Waals surface area contributed by atoms with E-state index in [1.54, 1.807) is 13.8 Å². The lowest BCUT2D eigenvalue weighted by atomic mass is 9.74. The van der Waals surface area contributed by atoms with Gasteiger partial charge in [0.1, 0.15) is 0 Å². The van der Waals surface area contributed by atoms with Crippen LogP contribution in [0.1, 0.15) is 27.7 Å². The fourth-order valence-corrected chi connectivity index (χ4v) is 0.821. The molecule has 14 heavy (non-hydrogen) atoms. The first-order chi connectivity index (χ1) is 6.11. The average molecular weight is 209 g/mol. The Balaban J connectivity index is 4.52. The molecule has 0 rings (SSSR count). The smallest absolute Gasteiger partial charge is 0.310 e. The Hall–Kier alpha value is -0.710. The van der Waals surface area contributed by atoms with E-state index >= 15 is 0 Å². The summed E-state index contributed by atoms with van der Waals surface area (Å²) in [5, 5.41) is 11.5. The first-order valence-corrected chi connectivity index (χ1v) is 4.38. The van der Waals surface area contributed by atoms with Crippen LogP contribution in [0.15, 0.2) is 0 Å². The van der Waals surface area contributed by atoms with Gasteiger partial charge in [0, 0.05) is 5.54 Å². The molecule has 0 aliphatic heterocycles. The summed E-state index contributed by atoms with van der Waals surface area (Å²) in [6.45, 7) is 5.72. The Bertz CT molecular complexity index is 215. The summed E-state index contributed by atoms with van der Waals surface area (Å²) in [6.07, 6.45) is -2.47. The van der Waals surface area contributed by atoms with E-state index in [0.717, 1.165) is 0 Å². The largest absolute Gasteiger partial charge is 0.481 e. The van der Waals surface area contributed by atoms with Crippen molar-refractivity contribution in [1.29, 1.82) is 0 Å². The third-order valence-corrected chi connectivity index (χ3v) is 2.80. The number of rotatable bonds is 5. The van der Waals surface area contributed by atoms with E-state index in [4.69, 9.17) is 5.11 Å². The summed E-state index contributed by atoms with van der Waals surface area (Å²) in [6, 6.07) is 0. The minimum Gasteiger partial charge on any atom is -0.481 e. The Kier molecular flexibility index (Phi) is 4.00. The number of halogens is 2. The second kappa shape index (κ2) is 4.21. The maximum absolute atomic E-state index is 11.9. The van der Waals surface area contributed by atoms with E-state index < -0.39 is 29.9 Å². The number of alkyl halides is 2.